The Morgan fingerprint density at radius 2 is 1.89 bits per heavy atom. The van der Waals surface area contributed by atoms with Gasteiger partial charge in [0.15, 0.2) is 11.6 Å². The molecule has 0 radical (unpaired) electrons. The van der Waals surface area contributed by atoms with Crippen molar-refractivity contribution >= 4 is 27.5 Å². The molecule has 19 heavy (non-hydrogen) atoms. The van der Waals surface area contributed by atoms with E-state index in [0.29, 0.717) is 28.2 Å². The third-order valence-electron chi connectivity index (χ3n) is 2.55. The van der Waals surface area contributed by atoms with E-state index in [1.54, 1.807) is 30.3 Å². The van der Waals surface area contributed by atoms with E-state index in [0.717, 1.165) is 5.56 Å². The lowest BCUT2D eigenvalue weighted by Crippen LogP contribution is -2.04. The fourth-order valence-electron chi connectivity index (χ4n) is 1.67. The molecule has 0 heterocycles. The van der Waals surface area contributed by atoms with E-state index >= 15 is 0 Å². The van der Waals surface area contributed by atoms with Gasteiger partial charge in [-0.3, -0.25) is 0 Å². The lowest BCUT2D eigenvalue weighted by atomic mass is 10.1. The van der Waals surface area contributed by atoms with Gasteiger partial charge >= 0.3 is 0 Å². The fraction of sp³-hybridized carbons (Fsp3) is 0.143. The van der Waals surface area contributed by atoms with E-state index in [9.17, 15) is 4.39 Å². The summed E-state index contributed by atoms with van der Waals surface area (Å²) >= 11 is 9.13. The zero-order valence-corrected chi connectivity index (χ0v) is 12.3. The summed E-state index contributed by atoms with van der Waals surface area (Å²) in [7, 11) is 0. The first-order valence-corrected chi connectivity index (χ1v) is 6.88. The van der Waals surface area contributed by atoms with E-state index in [2.05, 4.69) is 15.9 Å². The van der Waals surface area contributed by atoms with Crippen LogP contribution in [0, 0.1) is 5.82 Å². The number of rotatable bonds is 4. The van der Waals surface area contributed by atoms with Gasteiger partial charge in [-0.25, -0.2) is 4.39 Å². The topological polar surface area (TPSA) is 35.2 Å². The first-order valence-electron chi connectivity index (χ1n) is 5.71. The van der Waals surface area contributed by atoms with Crippen LogP contribution in [-0.2, 0) is 6.42 Å². The molecule has 0 aliphatic rings. The van der Waals surface area contributed by atoms with Crippen LogP contribution in [0.2, 0.25) is 5.02 Å². The monoisotopic (exact) mass is 343 g/mol. The maximum Gasteiger partial charge on any atom is 0.166 e. The zero-order valence-electron chi connectivity index (χ0n) is 10.00. The Morgan fingerprint density at radius 1 is 1.16 bits per heavy atom. The summed E-state index contributed by atoms with van der Waals surface area (Å²) in [6.45, 7) is 0.472. The third kappa shape index (κ3) is 3.69. The van der Waals surface area contributed by atoms with Crippen molar-refractivity contribution < 1.29 is 9.13 Å². The molecule has 2 aromatic rings. The number of halogens is 3. The van der Waals surface area contributed by atoms with Gasteiger partial charge in [-0.2, -0.15) is 0 Å². The minimum Gasteiger partial charge on any atom is -0.454 e. The van der Waals surface area contributed by atoms with E-state index in [1.807, 2.05) is 0 Å². The van der Waals surface area contributed by atoms with Crippen LogP contribution in [-0.4, -0.2) is 6.54 Å². The second-order valence-electron chi connectivity index (χ2n) is 3.97. The molecular weight excluding hydrogens is 333 g/mol. The van der Waals surface area contributed by atoms with Gasteiger partial charge in [-0.15, -0.1) is 0 Å². The van der Waals surface area contributed by atoms with E-state index in [-0.39, 0.29) is 5.75 Å². The molecule has 2 rings (SSSR count). The van der Waals surface area contributed by atoms with Crippen LogP contribution in [0.15, 0.2) is 40.9 Å². The first-order chi connectivity index (χ1) is 9.10. The second-order valence-corrected chi connectivity index (χ2v) is 5.32. The van der Waals surface area contributed by atoms with Crippen molar-refractivity contribution in [2.45, 2.75) is 6.42 Å². The van der Waals surface area contributed by atoms with Crippen LogP contribution in [0.1, 0.15) is 5.56 Å². The average Bonchev–Trinajstić information content (AvgIpc) is 2.36. The molecule has 0 atom stereocenters. The van der Waals surface area contributed by atoms with Crippen LogP contribution in [0.25, 0.3) is 0 Å². The molecule has 2 N–H and O–H groups in total. The molecule has 0 bridgehead atoms. The van der Waals surface area contributed by atoms with Crippen molar-refractivity contribution in [3.63, 3.8) is 0 Å². The lowest BCUT2D eigenvalue weighted by Gasteiger charge is -2.12. The lowest BCUT2D eigenvalue weighted by molar-refractivity contribution is 0.437. The highest BCUT2D eigenvalue weighted by Crippen LogP contribution is 2.30. The molecule has 0 aromatic heterocycles. The Balaban J connectivity index is 2.32. The van der Waals surface area contributed by atoms with Crippen molar-refractivity contribution in [3.05, 3.63) is 57.3 Å². The molecule has 5 heteroatoms. The first kappa shape index (κ1) is 14.3. The molecule has 0 saturated carbocycles. The number of hydrogen-bond acceptors (Lipinski definition) is 2. The smallest absolute Gasteiger partial charge is 0.166 e. The van der Waals surface area contributed by atoms with Crippen molar-refractivity contribution in [2.24, 2.45) is 5.73 Å². The summed E-state index contributed by atoms with van der Waals surface area (Å²) < 4.78 is 20.0. The van der Waals surface area contributed by atoms with Crippen LogP contribution >= 0.6 is 27.5 Å². The number of benzene rings is 2. The number of nitrogens with two attached hydrogens (primary N) is 1. The van der Waals surface area contributed by atoms with Crippen LogP contribution in [0.5, 0.6) is 11.5 Å². The largest absolute Gasteiger partial charge is 0.454 e. The van der Waals surface area contributed by atoms with Gasteiger partial charge in [0.05, 0.1) is 0 Å². The third-order valence-corrected chi connectivity index (χ3v) is 3.28. The quantitative estimate of drug-likeness (QED) is 0.884. The SMILES string of the molecule is NCCc1cc(Cl)ccc1Oc1ccc(Br)cc1F. The van der Waals surface area contributed by atoms with Crippen molar-refractivity contribution in [2.75, 3.05) is 6.54 Å². The maximum absolute atomic E-state index is 13.7. The molecule has 100 valence electrons. The van der Waals surface area contributed by atoms with Crippen molar-refractivity contribution in [1.82, 2.24) is 0 Å². The minimum atomic E-state index is -0.428. The van der Waals surface area contributed by atoms with Crippen LogP contribution in [0.3, 0.4) is 0 Å². The van der Waals surface area contributed by atoms with Gasteiger partial charge in [-0.05, 0) is 54.9 Å². The predicted molar refractivity (Wildman–Crippen MR) is 78.4 cm³/mol. The molecule has 0 spiro atoms. The normalized spacial score (nSPS) is 10.5. The van der Waals surface area contributed by atoms with Crippen molar-refractivity contribution in [1.29, 1.82) is 0 Å². The summed E-state index contributed by atoms with van der Waals surface area (Å²) in [4.78, 5) is 0. The molecule has 2 nitrogen and oxygen atoms in total. The molecule has 0 saturated heterocycles. The average molecular weight is 345 g/mol. The summed E-state index contributed by atoms with van der Waals surface area (Å²) in [6.07, 6.45) is 0.619. The molecule has 0 aliphatic heterocycles. The summed E-state index contributed by atoms with van der Waals surface area (Å²) in [5.74, 6) is 0.308. The standard InChI is InChI=1S/C14H12BrClFNO/c15-10-1-3-14(12(17)8-10)19-13-4-2-11(16)7-9(13)5-6-18/h1-4,7-8H,5-6,18H2. The maximum atomic E-state index is 13.7. The molecule has 0 aliphatic carbocycles. The Morgan fingerprint density at radius 3 is 2.58 bits per heavy atom. The van der Waals surface area contributed by atoms with Gasteiger partial charge in [0.2, 0.25) is 0 Å². The summed E-state index contributed by atoms with van der Waals surface area (Å²) in [5.41, 5.74) is 6.40. The van der Waals surface area contributed by atoms with Gasteiger partial charge < -0.3 is 10.5 Å². The van der Waals surface area contributed by atoms with Gasteiger partial charge in [0.25, 0.3) is 0 Å². The van der Waals surface area contributed by atoms with Crippen LogP contribution in [0.4, 0.5) is 4.39 Å². The Labute approximate surface area is 124 Å². The van der Waals surface area contributed by atoms with Gasteiger partial charge in [0, 0.05) is 9.50 Å². The summed E-state index contributed by atoms with van der Waals surface area (Å²) in [6, 6.07) is 9.84. The highest BCUT2D eigenvalue weighted by molar-refractivity contribution is 9.10. The number of ether oxygens (including phenoxy) is 1. The van der Waals surface area contributed by atoms with E-state index in [1.165, 1.54) is 6.07 Å². The highest BCUT2D eigenvalue weighted by atomic mass is 79.9. The fourth-order valence-corrected chi connectivity index (χ4v) is 2.20. The van der Waals surface area contributed by atoms with Crippen LogP contribution < -0.4 is 10.5 Å². The highest BCUT2D eigenvalue weighted by Gasteiger charge is 2.09. The van der Waals surface area contributed by atoms with E-state index < -0.39 is 5.82 Å². The van der Waals surface area contributed by atoms with E-state index in [4.69, 9.17) is 22.1 Å². The number of hydrogen-bond donors (Lipinski definition) is 1. The second kappa shape index (κ2) is 6.37. The van der Waals surface area contributed by atoms with Crippen molar-refractivity contribution in [3.8, 4) is 11.5 Å². The molecule has 0 amide bonds. The Hall–Kier alpha value is -1.10. The summed E-state index contributed by atoms with van der Waals surface area (Å²) in [5, 5.41) is 0.604. The molecule has 2 aromatic carbocycles. The predicted octanol–water partition coefficient (Wildman–Crippen LogP) is 4.54. The molecular formula is C14H12BrClFNO. The zero-order chi connectivity index (χ0) is 13.8. The Kier molecular flexibility index (Phi) is 4.80. The Bertz CT molecular complexity index is 592. The van der Waals surface area contributed by atoms with Gasteiger partial charge in [-0.1, -0.05) is 27.5 Å². The molecule has 0 fully saturated rings. The molecule has 0 unspecified atom stereocenters. The van der Waals surface area contributed by atoms with Gasteiger partial charge in [0.1, 0.15) is 5.75 Å². The minimum absolute atomic E-state index is 0.170.